The number of nitrogens with zero attached hydrogens (tertiary/aromatic N) is 1. The summed E-state index contributed by atoms with van der Waals surface area (Å²) in [5.74, 6) is 0.711. The quantitative estimate of drug-likeness (QED) is 0.772. The van der Waals surface area contributed by atoms with E-state index in [0.717, 1.165) is 5.69 Å². The van der Waals surface area contributed by atoms with Crippen LogP contribution in [0.4, 0.5) is 4.39 Å². The van der Waals surface area contributed by atoms with Crippen molar-refractivity contribution >= 4 is 22.1 Å². The Morgan fingerprint density at radius 3 is 2.82 bits per heavy atom. The minimum absolute atomic E-state index is 0.284. The molecule has 1 heterocycles. The lowest BCUT2D eigenvalue weighted by molar-refractivity contribution is 0.606. The number of benzene rings is 1. The molecule has 118 valence electrons. The van der Waals surface area contributed by atoms with Crippen molar-refractivity contribution in [2.24, 2.45) is 0 Å². The third-order valence-electron chi connectivity index (χ3n) is 4.30. The van der Waals surface area contributed by atoms with E-state index in [1.54, 1.807) is 29.5 Å². The van der Waals surface area contributed by atoms with Crippen LogP contribution in [-0.2, 0) is 16.6 Å². The molecule has 2 aromatic rings. The van der Waals surface area contributed by atoms with Gasteiger partial charge in [0.1, 0.15) is 5.82 Å². The Kier molecular flexibility index (Phi) is 5.03. The molecule has 2 nitrogen and oxygen atoms in total. The maximum absolute atomic E-state index is 13.8. The average molecular weight is 337 g/mol. The van der Waals surface area contributed by atoms with Crippen molar-refractivity contribution in [3.63, 3.8) is 0 Å². The van der Waals surface area contributed by atoms with E-state index in [4.69, 9.17) is 0 Å². The maximum atomic E-state index is 13.8. The molecule has 1 fully saturated rings. The summed E-state index contributed by atoms with van der Waals surface area (Å²) >= 11 is 1.68. The first-order valence-corrected chi connectivity index (χ1v) is 9.97. The summed E-state index contributed by atoms with van der Waals surface area (Å²) < 4.78 is 26.3. The van der Waals surface area contributed by atoms with Gasteiger partial charge in [-0.05, 0) is 25.8 Å². The van der Waals surface area contributed by atoms with Crippen LogP contribution in [0.25, 0.3) is 0 Å². The highest BCUT2D eigenvalue weighted by molar-refractivity contribution is 7.84. The molecule has 1 aliphatic carbocycles. The lowest BCUT2D eigenvalue weighted by Crippen LogP contribution is -2.07. The van der Waals surface area contributed by atoms with Crippen LogP contribution >= 0.6 is 11.3 Å². The third kappa shape index (κ3) is 3.46. The van der Waals surface area contributed by atoms with Crippen LogP contribution < -0.4 is 0 Å². The Hall–Kier alpha value is -1.07. The van der Waals surface area contributed by atoms with Gasteiger partial charge in [0.05, 0.1) is 21.7 Å². The zero-order valence-corrected chi connectivity index (χ0v) is 14.3. The number of halogens is 1. The molecule has 0 bridgehead atoms. The lowest BCUT2D eigenvalue weighted by atomic mass is 10.1. The molecule has 0 saturated heterocycles. The van der Waals surface area contributed by atoms with Crippen LogP contribution in [0.3, 0.4) is 0 Å². The van der Waals surface area contributed by atoms with Gasteiger partial charge >= 0.3 is 0 Å². The van der Waals surface area contributed by atoms with Crippen molar-refractivity contribution in [2.75, 3.05) is 0 Å². The van der Waals surface area contributed by atoms with Gasteiger partial charge in [0.2, 0.25) is 0 Å². The summed E-state index contributed by atoms with van der Waals surface area (Å²) in [6, 6.07) is 6.57. The summed E-state index contributed by atoms with van der Waals surface area (Å²) in [5, 5.41) is 2.88. The Labute approximate surface area is 137 Å². The zero-order valence-electron chi connectivity index (χ0n) is 12.6. The van der Waals surface area contributed by atoms with E-state index in [1.165, 1.54) is 36.8 Å². The molecule has 1 aromatic carbocycles. The lowest BCUT2D eigenvalue weighted by Gasteiger charge is -2.12. The smallest absolute Gasteiger partial charge is 0.127 e. The largest absolute Gasteiger partial charge is 0.259 e. The van der Waals surface area contributed by atoms with Crippen LogP contribution in [0.5, 0.6) is 0 Å². The molecule has 0 spiro atoms. The molecule has 1 aromatic heterocycles. The summed E-state index contributed by atoms with van der Waals surface area (Å²) in [6.07, 6.45) is 5.02. The maximum Gasteiger partial charge on any atom is 0.127 e. The summed E-state index contributed by atoms with van der Waals surface area (Å²) in [5.41, 5.74) is 1.40. The van der Waals surface area contributed by atoms with Gasteiger partial charge in [-0.15, -0.1) is 11.3 Å². The van der Waals surface area contributed by atoms with Gasteiger partial charge in [0.15, 0.2) is 0 Å². The predicted octanol–water partition coefficient (Wildman–Crippen LogP) is 4.95. The highest BCUT2D eigenvalue weighted by Gasteiger charge is 2.22. The molecule has 0 unspecified atom stereocenters. The van der Waals surface area contributed by atoms with Gasteiger partial charge in [0.25, 0.3) is 0 Å². The minimum Gasteiger partial charge on any atom is -0.259 e. The molecular weight excluding hydrogens is 317 g/mol. The van der Waals surface area contributed by atoms with Crippen LogP contribution in [0.15, 0.2) is 29.6 Å². The molecule has 1 aliphatic rings. The first-order valence-electron chi connectivity index (χ1n) is 7.71. The van der Waals surface area contributed by atoms with Crippen LogP contribution in [-0.4, -0.2) is 9.19 Å². The summed E-state index contributed by atoms with van der Waals surface area (Å²) in [6.45, 7) is 1.82. The first-order chi connectivity index (χ1) is 10.6. The number of hydrogen-bond donors (Lipinski definition) is 0. The highest BCUT2D eigenvalue weighted by atomic mass is 32.2. The molecule has 22 heavy (non-hydrogen) atoms. The number of aromatic nitrogens is 1. The average Bonchev–Trinajstić information content (AvgIpc) is 3.17. The SMILES string of the molecule is C[C@@H](c1ccccc1F)[S@](=O)Cc1csc(C2CCCC2)n1. The fourth-order valence-corrected chi connectivity index (χ4v) is 5.23. The molecular formula is C17H20FNOS2. The van der Waals surface area contributed by atoms with E-state index in [1.807, 2.05) is 12.3 Å². The number of rotatable bonds is 5. The molecule has 0 aliphatic heterocycles. The number of thiazole rings is 1. The highest BCUT2D eigenvalue weighted by Crippen LogP contribution is 2.36. The van der Waals surface area contributed by atoms with Crippen molar-refractivity contribution in [1.82, 2.24) is 4.98 Å². The van der Waals surface area contributed by atoms with E-state index in [-0.39, 0.29) is 11.1 Å². The standard InChI is InChI=1S/C17H20FNOS2/c1-12(15-8-4-5-9-16(15)18)22(20)11-14-10-21-17(19-14)13-6-2-3-7-13/h4-5,8-10,12-13H,2-3,6-7,11H2,1H3/t12-,22+/m0/s1. The Balaban J connectivity index is 1.67. The van der Waals surface area contributed by atoms with Crippen molar-refractivity contribution in [3.8, 4) is 0 Å². The monoisotopic (exact) mass is 337 g/mol. The van der Waals surface area contributed by atoms with Crippen LogP contribution in [0.1, 0.15) is 60.0 Å². The van der Waals surface area contributed by atoms with Crippen LogP contribution in [0.2, 0.25) is 0 Å². The van der Waals surface area contributed by atoms with Gasteiger partial charge in [-0.2, -0.15) is 0 Å². The van der Waals surface area contributed by atoms with Crippen molar-refractivity contribution in [2.45, 2.75) is 49.5 Å². The zero-order chi connectivity index (χ0) is 15.5. The topological polar surface area (TPSA) is 30.0 Å². The summed E-state index contributed by atoms with van der Waals surface area (Å²) in [4.78, 5) is 4.66. The van der Waals surface area contributed by atoms with Crippen LogP contribution in [0, 0.1) is 5.82 Å². The molecule has 0 radical (unpaired) electrons. The third-order valence-corrected chi connectivity index (χ3v) is 6.98. The van der Waals surface area contributed by atoms with Gasteiger partial charge in [-0.1, -0.05) is 31.0 Å². The molecule has 5 heteroatoms. The molecule has 3 rings (SSSR count). The fraction of sp³-hybridized carbons (Fsp3) is 0.471. The molecule has 2 atom stereocenters. The normalized spacial score (nSPS) is 18.5. The Morgan fingerprint density at radius 1 is 1.36 bits per heavy atom. The van der Waals surface area contributed by atoms with E-state index in [9.17, 15) is 8.60 Å². The second-order valence-electron chi connectivity index (χ2n) is 5.85. The molecule has 0 N–H and O–H groups in total. The first kappa shape index (κ1) is 15.8. The predicted molar refractivity (Wildman–Crippen MR) is 90.0 cm³/mol. The molecule has 1 saturated carbocycles. The van der Waals surface area contributed by atoms with Crippen molar-refractivity contribution in [3.05, 3.63) is 51.7 Å². The van der Waals surface area contributed by atoms with Gasteiger partial charge in [0, 0.05) is 27.7 Å². The van der Waals surface area contributed by atoms with Gasteiger partial charge in [-0.3, -0.25) is 4.21 Å². The molecule has 0 amide bonds. The second kappa shape index (κ2) is 7.01. The number of hydrogen-bond acceptors (Lipinski definition) is 3. The minimum atomic E-state index is -1.16. The Morgan fingerprint density at radius 2 is 2.09 bits per heavy atom. The second-order valence-corrected chi connectivity index (χ2v) is 8.49. The van der Waals surface area contributed by atoms with Crippen molar-refractivity contribution in [1.29, 1.82) is 0 Å². The van der Waals surface area contributed by atoms with E-state index in [2.05, 4.69) is 4.98 Å². The Bertz CT molecular complexity index is 664. The van der Waals surface area contributed by atoms with E-state index < -0.39 is 10.8 Å². The summed E-state index contributed by atoms with van der Waals surface area (Å²) in [7, 11) is -1.16. The van der Waals surface area contributed by atoms with E-state index >= 15 is 0 Å². The van der Waals surface area contributed by atoms with Gasteiger partial charge < -0.3 is 0 Å². The van der Waals surface area contributed by atoms with Crippen molar-refractivity contribution < 1.29 is 8.60 Å². The van der Waals surface area contributed by atoms with E-state index in [0.29, 0.717) is 17.2 Å². The fourth-order valence-electron chi connectivity index (χ4n) is 2.97. The van der Waals surface area contributed by atoms with Gasteiger partial charge in [-0.25, -0.2) is 9.37 Å².